The lowest BCUT2D eigenvalue weighted by Gasteiger charge is -2.11. The van der Waals surface area contributed by atoms with Crippen molar-refractivity contribution >= 4 is 40.7 Å². The van der Waals surface area contributed by atoms with Gasteiger partial charge in [-0.2, -0.15) is 4.98 Å². The Kier molecular flexibility index (Phi) is 4.74. The van der Waals surface area contributed by atoms with Crippen LogP contribution in [0.1, 0.15) is 0 Å². The molecule has 3 aromatic rings. The molecule has 7 heteroatoms. The Labute approximate surface area is 149 Å². The summed E-state index contributed by atoms with van der Waals surface area (Å²) in [6.07, 6.45) is 0. The van der Waals surface area contributed by atoms with Gasteiger partial charge in [-0.05, 0) is 12.1 Å². The molecule has 3 rings (SSSR count). The van der Waals surface area contributed by atoms with Crippen LogP contribution in [0.3, 0.4) is 0 Å². The summed E-state index contributed by atoms with van der Waals surface area (Å²) in [4.78, 5) is 8.83. The molecule has 2 aromatic carbocycles. The van der Waals surface area contributed by atoms with Gasteiger partial charge in [-0.15, -0.1) is 0 Å². The molecule has 0 spiro atoms. The third-order valence-corrected chi connectivity index (χ3v) is 3.88. The Morgan fingerprint density at radius 3 is 2.25 bits per heavy atom. The van der Waals surface area contributed by atoms with Crippen LogP contribution in [-0.4, -0.2) is 22.1 Å². The molecule has 1 aromatic heterocycles. The number of halogens is 2. The Bertz CT molecular complexity index is 849. The first-order chi connectivity index (χ1) is 11.6. The Morgan fingerprint density at radius 1 is 0.958 bits per heavy atom. The van der Waals surface area contributed by atoms with Crippen LogP contribution in [0.15, 0.2) is 48.5 Å². The maximum Gasteiger partial charge on any atom is 0.224 e. The van der Waals surface area contributed by atoms with Crippen molar-refractivity contribution < 1.29 is 5.11 Å². The highest BCUT2D eigenvalue weighted by molar-refractivity contribution is 6.37. The van der Waals surface area contributed by atoms with Crippen LogP contribution in [0.2, 0.25) is 10.0 Å². The van der Waals surface area contributed by atoms with Gasteiger partial charge in [0, 0.05) is 24.4 Å². The molecule has 24 heavy (non-hydrogen) atoms. The number of phenols is 1. The summed E-state index contributed by atoms with van der Waals surface area (Å²) in [6, 6.07) is 14.8. The van der Waals surface area contributed by atoms with Crippen molar-refractivity contribution in [2.75, 3.05) is 17.7 Å². The number of benzene rings is 2. The van der Waals surface area contributed by atoms with E-state index in [0.717, 1.165) is 11.3 Å². The van der Waals surface area contributed by atoms with Crippen LogP contribution in [0.25, 0.3) is 11.3 Å². The molecule has 0 unspecified atom stereocenters. The van der Waals surface area contributed by atoms with Gasteiger partial charge in [0.15, 0.2) is 5.75 Å². The zero-order valence-corrected chi connectivity index (χ0v) is 14.2. The number of aromatic hydroxyl groups is 1. The third-order valence-electron chi connectivity index (χ3n) is 3.31. The predicted octanol–water partition coefficient (Wildman–Crippen LogP) is 4.94. The second kappa shape index (κ2) is 6.95. The largest absolute Gasteiger partial charge is 0.505 e. The van der Waals surface area contributed by atoms with Gasteiger partial charge in [0.05, 0.1) is 15.7 Å². The number of rotatable bonds is 4. The Hall–Kier alpha value is -2.50. The lowest BCUT2D eigenvalue weighted by Crippen LogP contribution is -2.02. The van der Waals surface area contributed by atoms with E-state index in [1.54, 1.807) is 19.2 Å². The van der Waals surface area contributed by atoms with Crippen molar-refractivity contribution in [3.8, 4) is 17.0 Å². The smallest absolute Gasteiger partial charge is 0.224 e. The standard InChI is InChI=1S/C17H14Cl2N4O/c1-20-17-22-14(10-5-3-2-4-6-10)9-15(23-17)21-11-7-12(18)16(24)13(19)8-11/h2-9,24H,1H3,(H2,20,21,22,23). The zero-order valence-electron chi connectivity index (χ0n) is 12.7. The lowest BCUT2D eigenvalue weighted by atomic mass is 10.1. The summed E-state index contributed by atoms with van der Waals surface area (Å²) in [5, 5.41) is 16.0. The fourth-order valence-electron chi connectivity index (χ4n) is 2.17. The summed E-state index contributed by atoms with van der Waals surface area (Å²) < 4.78 is 0. The van der Waals surface area contributed by atoms with E-state index < -0.39 is 0 Å². The van der Waals surface area contributed by atoms with Gasteiger partial charge in [-0.1, -0.05) is 53.5 Å². The zero-order chi connectivity index (χ0) is 17.1. The van der Waals surface area contributed by atoms with E-state index in [1.807, 2.05) is 36.4 Å². The number of nitrogens with zero attached hydrogens (tertiary/aromatic N) is 2. The molecule has 3 N–H and O–H groups in total. The van der Waals surface area contributed by atoms with E-state index in [2.05, 4.69) is 20.6 Å². The molecular weight excluding hydrogens is 347 g/mol. The lowest BCUT2D eigenvalue weighted by molar-refractivity contribution is 0.476. The quantitative estimate of drug-likeness (QED) is 0.574. The minimum atomic E-state index is -0.146. The van der Waals surface area contributed by atoms with Gasteiger partial charge in [-0.25, -0.2) is 4.98 Å². The van der Waals surface area contributed by atoms with Crippen molar-refractivity contribution in [3.63, 3.8) is 0 Å². The van der Waals surface area contributed by atoms with E-state index in [-0.39, 0.29) is 15.8 Å². The molecule has 5 nitrogen and oxygen atoms in total. The number of phenolic OH excluding ortho intramolecular Hbond substituents is 1. The summed E-state index contributed by atoms with van der Waals surface area (Å²) >= 11 is 11.9. The van der Waals surface area contributed by atoms with Gasteiger partial charge < -0.3 is 15.7 Å². The summed E-state index contributed by atoms with van der Waals surface area (Å²) in [6.45, 7) is 0. The highest BCUT2D eigenvalue weighted by Crippen LogP contribution is 2.35. The average molecular weight is 361 g/mol. The maximum absolute atomic E-state index is 9.64. The second-order valence-electron chi connectivity index (χ2n) is 4.99. The topological polar surface area (TPSA) is 70.1 Å². The van der Waals surface area contributed by atoms with Gasteiger partial charge >= 0.3 is 0 Å². The van der Waals surface area contributed by atoms with Crippen LogP contribution in [0.5, 0.6) is 5.75 Å². The molecule has 122 valence electrons. The molecule has 0 atom stereocenters. The van der Waals surface area contributed by atoms with E-state index in [0.29, 0.717) is 17.5 Å². The van der Waals surface area contributed by atoms with Crippen LogP contribution in [-0.2, 0) is 0 Å². The monoisotopic (exact) mass is 360 g/mol. The van der Waals surface area contributed by atoms with Crippen molar-refractivity contribution in [2.24, 2.45) is 0 Å². The number of nitrogens with one attached hydrogen (secondary N) is 2. The SMILES string of the molecule is CNc1nc(Nc2cc(Cl)c(O)c(Cl)c2)cc(-c2ccccc2)n1. The van der Waals surface area contributed by atoms with E-state index in [4.69, 9.17) is 23.2 Å². The van der Waals surface area contributed by atoms with Gasteiger partial charge in [-0.3, -0.25) is 0 Å². The molecule has 0 aliphatic heterocycles. The van der Waals surface area contributed by atoms with Gasteiger partial charge in [0.25, 0.3) is 0 Å². The molecule has 0 aliphatic carbocycles. The number of anilines is 3. The van der Waals surface area contributed by atoms with E-state index >= 15 is 0 Å². The Balaban J connectivity index is 1.99. The fourth-order valence-corrected chi connectivity index (χ4v) is 2.65. The average Bonchev–Trinajstić information content (AvgIpc) is 2.60. The van der Waals surface area contributed by atoms with E-state index in [1.165, 1.54) is 0 Å². The van der Waals surface area contributed by atoms with Crippen LogP contribution < -0.4 is 10.6 Å². The maximum atomic E-state index is 9.64. The molecule has 0 saturated heterocycles. The predicted molar refractivity (Wildman–Crippen MR) is 98.4 cm³/mol. The van der Waals surface area contributed by atoms with Gasteiger partial charge in [0.2, 0.25) is 5.95 Å². The van der Waals surface area contributed by atoms with Crippen LogP contribution >= 0.6 is 23.2 Å². The van der Waals surface area contributed by atoms with Crippen molar-refractivity contribution in [2.45, 2.75) is 0 Å². The molecule has 0 aliphatic rings. The number of hydrogen-bond donors (Lipinski definition) is 3. The molecule has 1 heterocycles. The first-order valence-electron chi connectivity index (χ1n) is 7.14. The highest BCUT2D eigenvalue weighted by Gasteiger charge is 2.10. The summed E-state index contributed by atoms with van der Waals surface area (Å²) in [7, 11) is 1.75. The molecule has 0 saturated carbocycles. The molecular formula is C17H14Cl2N4O. The number of hydrogen-bond acceptors (Lipinski definition) is 5. The van der Waals surface area contributed by atoms with Gasteiger partial charge in [0.1, 0.15) is 5.82 Å². The van der Waals surface area contributed by atoms with Crippen molar-refractivity contribution in [1.29, 1.82) is 0 Å². The first-order valence-corrected chi connectivity index (χ1v) is 7.89. The third kappa shape index (κ3) is 3.53. The van der Waals surface area contributed by atoms with Crippen molar-refractivity contribution in [3.05, 3.63) is 58.6 Å². The van der Waals surface area contributed by atoms with E-state index in [9.17, 15) is 5.11 Å². The second-order valence-corrected chi connectivity index (χ2v) is 5.81. The minimum absolute atomic E-state index is 0.146. The fraction of sp³-hybridized carbons (Fsp3) is 0.0588. The molecule has 0 bridgehead atoms. The molecule has 0 fully saturated rings. The van der Waals surface area contributed by atoms with Crippen LogP contribution in [0.4, 0.5) is 17.5 Å². The minimum Gasteiger partial charge on any atom is -0.505 e. The first kappa shape index (κ1) is 16.4. The highest BCUT2D eigenvalue weighted by atomic mass is 35.5. The van der Waals surface area contributed by atoms with Crippen molar-refractivity contribution in [1.82, 2.24) is 9.97 Å². The summed E-state index contributed by atoms with van der Waals surface area (Å²) in [5.41, 5.74) is 2.36. The molecule has 0 amide bonds. The summed E-state index contributed by atoms with van der Waals surface area (Å²) in [5.74, 6) is 0.910. The normalized spacial score (nSPS) is 10.5. The number of aromatic nitrogens is 2. The molecule has 0 radical (unpaired) electrons. The Morgan fingerprint density at radius 2 is 1.62 bits per heavy atom. The van der Waals surface area contributed by atoms with Crippen LogP contribution in [0, 0.1) is 0 Å².